The number of hydrogen-bond donors (Lipinski definition) is 0. The van der Waals surface area contributed by atoms with Gasteiger partial charge >= 0.3 is 0 Å². The van der Waals surface area contributed by atoms with E-state index in [0.717, 1.165) is 5.76 Å². The molecule has 0 aliphatic carbocycles. The van der Waals surface area contributed by atoms with E-state index in [9.17, 15) is 14.0 Å². The van der Waals surface area contributed by atoms with Gasteiger partial charge in [0.1, 0.15) is 11.6 Å². The number of hydrogen-bond acceptors (Lipinski definition) is 4. The first kappa shape index (κ1) is 18.3. The fraction of sp³-hybridized carbons (Fsp3) is 0.0909. The van der Waals surface area contributed by atoms with Gasteiger partial charge in [-0.05, 0) is 35.4 Å². The normalized spacial score (nSPS) is 14.2. The molecule has 140 valence electrons. The topological polar surface area (TPSA) is 50.5 Å². The van der Waals surface area contributed by atoms with Crippen molar-refractivity contribution in [2.75, 3.05) is 0 Å². The summed E-state index contributed by atoms with van der Waals surface area (Å²) in [5, 5.41) is 0. The number of amides is 2. The zero-order valence-corrected chi connectivity index (χ0v) is 15.6. The van der Waals surface area contributed by atoms with Crippen LogP contribution in [0.4, 0.5) is 4.39 Å². The lowest BCUT2D eigenvalue weighted by molar-refractivity contribution is -0.137. The van der Waals surface area contributed by atoms with Gasteiger partial charge in [-0.3, -0.25) is 14.5 Å². The van der Waals surface area contributed by atoms with Crippen LogP contribution < -0.4 is 0 Å². The molecule has 2 amide bonds. The van der Waals surface area contributed by atoms with E-state index in [4.69, 9.17) is 4.42 Å². The number of thioether (sulfide) groups is 1. The monoisotopic (exact) mass is 393 g/mol. The molecular formula is C22H16FNO3S. The summed E-state index contributed by atoms with van der Waals surface area (Å²) in [7, 11) is 0. The Morgan fingerprint density at radius 2 is 1.64 bits per heavy atom. The molecule has 1 aliphatic rings. The van der Waals surface area contributed by atoms with Gasteiger partial charge in [0.05, 0.1) is 29.0 Å². The predicted octanol–water partition coefficient (Wildman–Crippen LogP) is 4.63. The molecule has 2 heterocycles. The smallest absolute Gasteiger partial charge is 0.268 e. The van der Waals surface area contributed by atoms with Crippen molar-refractivity contribution in [3.8, 4) is 0 Å². The average Bonchev–Trinajstić information content (AvgIpc) is 3.31. The van der Waals surface area contributed by atoms with Gasteiger partial charge in [0.15, 0.2) is 0 Å². The largest absolute Gasteiger partial charge is 0.468 e. The van der Waals surface area contributed by atoms with E-state index in [1.54, 1.807) is 24.5 Å². The first-order valence-corrected chi connectivity index (χ1v) is 9.67. The quantitative estimate of drug-likeness (QED) is 0.573. The molecule has 0 bridgehead atoms. The molecular weight excluding hydrogens is 377 g/mol. The van der Waals surface area contributed by atoms with E-state index in [0.29, 0.717) is 27.4 Å². The zero-order chi connectivity index (χ0) is 19.5. The summed E-state index contributed by atoms with van der Waals surface area (Å²) in [6, 6.07) is 18.5. The number of halogens is 1. The Morgan fingerprint density at radius 1 is 0.893 bits per heavy atom. The Morgan fingerprint density at radius 3 is 2.32 bits per heavy atom. The molecule has 0 N–H and O–H groups in total. The van der Waals surface area contributed by atoms with Crippen LogP contribution >= 0.6 is 11.8 Å². The number of imide groups is 1. The third kappa shape index (κ3) is 3.64. The minimum atomic E-state index is -0.361. The molecule has 0 saturated carbocycles. The Kier molecular flexibility index (Phi) is 5.12. The Bertz CT molecular complexity index is 1030. The highest BCUT2D eigenvalue weighted by Gasteiger charge is 2.39. The zero-order valence-electron chi connectivity index (χ0n) is 14.8. The van der Waals surface area contributed by atoms with Crippen LogP contribution in [0, 0.1) is 5.82 Å². The van der Waals surface area contributed by atoms with Crippen LogP contribution in [0.15, 0.2) is 82.3 Å². The van der Waals surface area contributed by atoms with Gasteiger partial charge in [0.2, 0.25) is 0 Å². The van der Waals surface area contributed by atoms with Gasteiger partial charge < -0.3 is 4.42 Å². The first-order valence-electron chi connectivity index (χ1n) is 8.69. The van der Waals surface area contributed by atoms with Crippen molar-refractivity contribution in [1.82, 2.24) is 4.90 Å². The van der Waals surface area contributed by atoms with E-state index in [1.807, 2.05) is 36.4 Å². The molecule has 0 fully saturated rings. The van der Waals surface area contributed by atoms with Crippen molar-refractivity contribution in [3.05, 3.63) is 101 Å². The van der Waals surface area contributed by atoms with Gasteiger partial charge in [-0.25, -0.2) is 4.39 Å². The Hall–Kier alpha value is -3.12. The fourth-order valence-electron chi connectivity index (χ4n) is 3.00. The summed E-state index contributed by atoms with van der Waals surface area (Å²) in [6.07, 6.45) is 1.57. The van der Waals surface area contributed by atoms with Crippen LogP contribution in [0.25, 0.3) is 5.57 Å². The minimum absolute atomic E-state index is 0.0963. The molecule has 0 saturated heterocycles. The summed E-state index contributed by atoms with van der Waals surface area (Å²) in [5.41, 5.74) is 1.78. The molecule has 0 atom stereocenters. The highest BCUT2D eigenvalue weighted by Crippen LogP contribution is 2.38. The second-order valence-electron chi connectivity index (χ2n) is 6.26. The van der Waals surface area contributed by atoms with Crippen LogP contribution in [-0.4, -0.2) is 16.7 Å². The third-order valence-electron chi connectivity index (χ3n) is 4.38. The fourth-order valence-corrected chi connectivity index (χ4v) is 4.04. The van der Waals surface area contributed by atoms with Gasteiger partial charge in [0.25, 0.3) is 11.8 Å². The van der Waals surface area contributed by atoms with Crippen molar-refractivity contribution in [2.24, 2.45) is 0 Å². The van der Waals surface area contributed by atoms with Crippen molar-refractivity contribution in [3.63, 3.8) is 0 Å². The highest BCUT2D eigenvalue weighted by atomic mass is 32.2. The number of carbonyl (C=O) groups excluding carboxylic acids is 2. The Labute approximate surface area is 165 Å². The maximum Gasteiger partial charge on any atom is 0.268 e. The van der Waals surface area contributed by atoms with Crippen LogP contribution in [0.5, 0.6) is 0 Å². The van der Waals surface area contributed by atoms with E-state index >= 15 is 0 Å². The summed E-state index contributed by atoms with van der Waals surface area (Å²) in [6.45, 7) is 0.0963. The number of rotatable bonds is 6. The van der Waals surface area contributed by atoms with Crippen molar-refractivity contribution >= 4 is 29.1 Å². The number of carbonyl (C=O) groups is 2. The second-order valence-corrected chi connectivity index (χ2v) is 7.25. The number of benzene rings is 2. The molecule has 1 aromatic heterocycles. The maximum absolute atomic E-state index is 13.2. The molecule has 3 aromatic rings. The molecule has 4 rings (SSSR count). The second kappa shape index (κ2) is 7.86. The molecule has 0 radical (unpaired) electrons. The first-order chi connectivity index (χ1) is 13.6. The predicted molar refractivity (Wildman–Crippen MR) is 105 cm³/mol. The van der Waals surface area contributed by atoms with E-state index in [2.05, 4.69) is 0 Å². The van der Waals surface area contributed by atoms with Gasteiger partial charge in [-0.1, -0.05) is 42.5 Å². The van der Waals surface area contributed by atoms with Crippen LogP contribution in [0.2, 0.25) is 0 Å². The lowest BCUT2D eigenvalue weighted by Gasteiger charge is -2.15. The molecule has 1 aliphatic heterocycles. The van der Waals surface area contributed by atoms with Gasteiger partial charge in [0, 0.05) is 0 Å². The van der Waals surface area contributed by atoms with Crippen molar-refractivity contribution in [1.29, 1.82) is 0 Å². The van der Waals surface area contributed by atoms with Gasteiger partial charge in [-0.15, -0.1) is 11.8 Å². The lowest BCUT2D eigenvalue weighted by Crippen LogP contribution is -2.30. The minimum Gasteiger partial charge on any atom is -0.468 e. The van der Waals surface area contributed by atoms with Crippen LogP contribution in [0.1, 0.15) is 16.9 Å². The molecule has 0 unspecified atom stereocenters. The lowest BCUT2D eigenvalue weighted by atomic mass is 10.1. The summed E-state index contributed by atoms with van der Waals surface area (Å²) >= 11 is 1.29. The molecule has 4 nitrogen and oxygen atoms in total. The maximum atomic E-state index is 13.2. The van der Waals surface area contributed by atoms with Crippen LogP contribution in [0.3, 0.4) is 0 Å². The Balaban J connectivity index is 1.65. The summed E-state index contributed by atoms with van der Waals surface area (Å²) < 4.78 is 18.5. The van der Waals surface area contributed by atoms with E-state index < -0.39 is 0 Å². The van der Waals surface area contributed by atoms with Crippen molar-refractivity contribution in [2.45, 2.75) is 12.3 Å². The molecule has 0 spiro atoms. The van der Waals surface area contributed by atoms with Crippen LogP contribution in [-0.2, 0) is 21.9 Å². The van der Waals surface area contributed by atoms with Gasteiger partial charge in [-0.2, -0.15) is 0 Å². The van der Waals surface area contributed by atoms with E-state index in [1.165, 1.54) is 28.8 Å². The molecule has 6 heteroatoms. The van der Waals surface area contributed by atoms with E-state index in [-0.39, 0.29) is 24.2 Å². The third-order valence-corrected chi connectivity index (χ3v) is 5.48. The highest BCUT2D eigenvalue weighted by molar-refractivity contribution is 8.03. The molecule has 2 aromatic carbocycles. The molecule has 28 heavy (non-hydrogen) atoms. The number of nitrogens with zero attached hydrogens (tertiary/aromatic N) is 1. The van der Waals surface area contributed by atoms with Crippen molar-refractivity contribution < 1.29 is 18.4 Å². The number of furan rings is 1. The summed E-state index contributed by atoms with van der Waals surface area (Å²) in [5.74, 6) is 0.122. The summed E-state index contributed by atoms with van der Waals surface area (Å²) in [4.78, 5) is 27.8. The average molecular weight is 393 g/mol. The SMILES string of the molecule is O=C1C(SCc2ccco2)=C(c2ccccc2)C(=O)N1Cc1ccc(F)cc1. The standard InChI is InChI=1S/C22H16FNO3S/c23-17-10-8-15(9-11-17)13-24-21(25)19(16-5-2-1-3-6-16)20(22(24)26)28-14-18-7-4-12-27-18/h1-12H,13-14H2.